The summed E-state index contributed by atoms with van der Waals surface area (Å²) in [5, 5.41) is 9.92. The van der Waals surface area contributed by atoms with Gasteiger partial charge in [-0.25, -0.2) is 4.79 Å². The monoisotopic (exact) mass is 480 g/mol. The SMILES string of the molecule is O=C(O)C1(C(F)(F)F)C=Cc2cc(Cl)c(Oc3ccc(-c4ccc(Cl)cc4)cc3)cc2O1. The van der Waals surface area contributed by atoms with Gasteiger partial charge in [0.2, 0.25) is 0 Å². The van der Waals surface area contributed by atoms with E-state index in [-0.39, 0.29) is 22.1 Å². The number of halogens is 5. The predicted molar refractivity (Wildman–Crippen MR) is 114 cm³/mol. The molecule has 1 heterocycles. The lowest BCUT2D eigenvalue weighted by Gasteiger charge is -2.32. The molecule has 0 aromatic heterocycles. The number of rotatable bonds is 4. The van der Waals surface area contributed by atoms with Crippen LogP contribution in [-0.2, 0) is 4.79 Å². The molecule has 1 aliphatic heterocycles. The molecule has 0 amide bonds. The molecular weight excluding hydrogens is 468 g/mol. The Labute approximate surface area is 190 Å². The fourth-order valence-electron chi connectivity index (χ4n) is 3.13. The van der Waals surface area contributed by atoms with E-state index in [0.717, 1.165) is 23.3 Å². The van der Waals surface area contributed by atoms with Crippen molar-refractivity contribution in [2.24, 2.45) is 0 Å². The second kappa shape index (κ2) is 8.07. The lowest BCUT2D eigenvalue weighted by Crippen LogP contribution is -2.56. The molecule has 9 heteroatoms. The third kappa shape index (κ3) is 4.01. The van der Waals surface area contributed by atoms with Crippen LogP contribution >= 0.6 is 23.2 Å². The standard InChI is InChI=1S/C23H13Cl2F3O4/c24-16-5-1-13(2-6-16)14-3-7-17(8-4-14)31-20-12-19-15(11-18(20)25)9-10-22(32-19,21(29)30)23(26,27)28/h1-12H,(H,29,30). The van der Waals surface area contributed by atoms with E-state index < -0.39 is 17.7 Å². The second-order valence-corrected chi connectivity index (χ2v) is 7.77. The summed E-state index contributed by atoms with van der Waals surface area (Å²) >= 11 is 12.1. The zero-order chi connectivity index (χ0) is 23.1. The van der Waals surface area contributed by atoms with E-state index in [2.05, 4.69) is 0 Å². The smallest absolute Gasteiger partial charge is 0.443 e. The van der Waals surface area contributed by atoms with E-state index in [4.69, 9.17) is 32.7 Å². The zero-order valence-electron chi connectivity index (χ0n) is 16.0. The van der Waals surface area contributed by atoms with Crippen molar-refractivity contribution in [2.45, 2.75) is 11.8 Å². The van der Waals surface area contributed by atoms with Gasteiger partial charge >= 0.3 is 17.7 Å². The van der Waals surface area contributed by atoms with E-state index >= 15 is 0 Å². The molecule has 1 atom stereocenters. The van der Waals surface area contributed by atoms with Crippen molar-refractivity contribution in [3.8, 4) is 28.4 Å². The van der Waals surface area contributed by atoms with E-state index in [1.165, 1.54) is 6.07 Å². The van der Waals surface area contributed by atoms with Crippen molar-refractivity contribution >= 4 is 35.2 Å². The lowest BCUT2D eigenvalue weighted by molar-refractivity contribution is -0.235. The van der Waals surface area contributed by atoms with Crippen LogP contribution in [-0.4, -0.2) is 22.9 Å². The highest BCUT2D eigenvalue weighted by Gasteiger charge is 2.63. The number of alkyl halides is 3. The summed E-state index contributed by atoms with van der Waals surface area (Å²) in [6.45, 7) is 0. The Hall–Kier alpha value is -3.16. The molecule has 3 aromatic rings. The predicted octanol–water partition coefficient (Wildman–Crippen LogP) is 7.24. The van der Waals surface area contributed by atoms with Gasteiger partial charge in [0.1, 0.15) is 17.2 Å². The van der Waals surface area contributed by atoms with Crippen LogP contribution in [0.4, 0.5) is 13.2 Å². The van der Waals surface area contributed by atoms with Gasteiger partial charge in [-0.15, -0.1) is 0 Å². The van der Waals surface area contributed by atoms with Crippen LogP contribution in [0.5, 0.6) is 17.2 Å². The molecule has 0 radical (unpaired) electrons. The first-order valence-corrected chi connectivity index (χ1v) is 9.90. The summed E-state index contributed by atoms with van der Waals surface area (Å²) in [4.78, 5) is 11.4. The molecule has 4 nitrogen and oxygen atoms in total. The number of carboxylic acids is 1. The van der Waals surface area contributed by atoms with Crippen LogP contribution < -0.4 is 9.47 Å². The fourth-order valence-corrected chi connectivity index (χ4v) is 3.47. The number of fused-ring (bicyclic) bond motifs is 1. The molecule has 0 spiro atoms. The number of aliphatic carboxylic acids is 1. The van der Waals surface area contributed by atoms with Gasteiger partial charge in [0.05, 0.1) is 5.02 Å². The number of hydrogen-bond donors (Lipinski definition) is 1. The third-order valence-corrected chi connectivity index (χ3v) is 5.38. The van der Waals surface area contributed by atoms with E-state index in [9.17, 15) is 23.1 Å². The summed E-state index contributed by atoms with van der Waals surface area (Å²) in [7, 11) is 0. The average molecular weight is 481 g/mol. The van der Waals surface area contributed by atoms with E-state index in [1.54, 1.807) is 36.4 Å². The Kier molecular flexibility index (Phi) is 5.56. The Morgan fingerprint density at radius 2 is 1.56 bits per heavy atom. The molecule has 0 aliphatic carbocycles. The van der Waals surface area contributed by atoms with Crippen LogP contribution in [0.25, 0.3) is 17.2 Å². The second-order valence-electron chi connectivity index (χ2n) is 6.93. The highest BCUT2D eigenvalue weighted by Crippen LogP contribution is 2.45. The van der Waals surface area contributed by atoms with Crippen LogP contribution in [0, 0.1) is 0 Å². The number of benzene rings is 3. The minimum absolute atomic E-state index is 0.0152. The fraction of sp³-hybridized carbons (Fsp3) is 0.0870. The molecule has 0 bridgehead atoms. The van der Waals surface area contributed by atoms with Gasteiger partial charge in [0, 0.05) is 16.7 Å². The summed E-state index contributed by atoms with van der Waals surface area (Å²) in [5.41, 5.74) is -1.46. The quantitative estimate of drug-likeness (QED) is 0.427. The number of ether oxygens (including phenoxy) is 2. The molecule has 0 saturated heterocycles. The van der Waals surface area contributed by atoms with Crippen molar-refractivity contribution in [2.75, 3.05) is 0 Å². The Balaban J connectivity index is 1.61. The molecule has 1 N–H and O–H groups in total. The normalized spacial score (nSPS) is 17.4. The van der Waals surface area contributed by atoms with Crippen molar-refractivity contribution in [1.82, 2.24) is 0 Å². The minimum Gasteiger partial charge on any atom is -0.478 e. The minimum atomic E-state index is -5.18. The maximum Gasteiger partial charge on any atom is 0.443 e. The average Bonchev–Trinajstić information content (AvgIpc) is 2.74. The lowest BCUT2D eigenvalue weighted by atomic mass is 9.97. The molecule has 32 heavy (non-hydrogen) atoms. The molecule has 1 unspecified atom stereocenters. The molecular formula is C23H13Cl2F3O4. The van der Waals surface area contributed by atoms with Crippen LogP contribution in [0.3, 0.4) is 0 Å². The van der Waals surface area contributed by atoms with Gasteiger partial charge in [-0.3, -0.25) is 0 Å². The van der Waals surface area contributed by atoms with Gasteiger partial charge in [0.25, 0.3) is 0 Å². The van der Waals surface area contributed by atoms with Crippen molar-refractivity contribution in [1.29, 1.82) is 0 Å². The van der Waals surface area contributed by atoms with Gasteiger partial charge in [-0.2, -0.15) is 13.2 Å². The van der Waals surface area contributed by atoms with Gasteiger partial charge in [-0.1, -0.05) is 53.5 Å². The van der Waals surface area contributed by atoms with Gasteiger partial charge in [0.15, 0.2) is 0 Å². The van der Waals surface area contributed by atoms with Crippen molar-refractivity contribution in [3.05, 3.63) is 82.3 Å². The van der Waals surface area contributed by atoms with E-state index in [1.807, 2.05) is 12.1 Å². The van der Waals surface area contributed by atoms with Crippen molar-refractivity contribution in [3.63, 3.8) is 0 Å². The Morgan fingerprint density at radius 1 is 0.969 bits per heavy atom. The van der Waals surface area contributed by atoms with Gasteiger partial charge in [-0.05, 0) is 47.5 Å². The molecule has 0 saturated carbocycles. The Morgan fingerprint density at radius 3 is 2.12 bits per heavy atom. The summed E-state index contributed by atoms with van der Waals surface area (Å²) in [6.07, 6.45) is -3.72. The Bertz CT molecular complexity index is 1210. The third-order valence-electron chi connectivity index (χ3n) is 4.83. The first-order chi connectivity index (χ1) is 15.1. The molecule has 0 fully saturated rings. The maximum atomic E-state index is 13.4. The first kappa shape index (κ1) is 22.0. The number of hydrogen-bond acceptors (Lipinski definition) is 3. The first-order valence-electron chi connectivity index (χ1n) is 9.15. The molecule has 1 aliphatic rings. The summed E-state index contributed by atoms with van der Waals surface area (Å²) in [5.74, 6) is -2.11. The largest absolute Gasteiger partial charge is 0.478 e. The van der Waals surface area contributed by atoms with E-state index in [0.29, 0.717) is 16.8 Å². The van der Waals surface area contributed by atoms with Crippen LogP contribution in [0.15, 0.2) is 66.7 Å². The number of carbonyl (C=O) groups is 1. The maximum absolute atomic E-state index is 13.4. The van der Waals surface area contributed by atoms with Crippen LogP contribution in [0.2, 0.25) is 10.0 Å². The highest BCUT2D eigenvalue weighted by molar-refractivity contribution is 6.32. The molecule has 4 rings (SSSR count). The van der Waals surface area contributed by atoms with Crippen LogP contribution in [0.1, 0.15) is 5.56 Å². The van der Waals surface area contributed by atoms with Gasteiger partial charge < -0.3 is 14.6 Å². The molecule has 3 aromatic carbocycles. The highest BCUT2D eigenvalue weighted by atomic mass is 35.5. The summed E-state index contributed by atoms with van der Waals surface area (Å²) in [6, 6.07) is 16.6. The number of carboxylic acid groups (broad SMARTS) is 1. The zero-order valence-corrected chi connectivity index (χ0v) is 17.5. The van der Waals surface area contributed by atoms with Crippen molar-refractivity contribution < 1.29 is 32.5 Å². The molecule has 164 valence electrons. The topological polar surface area (TPSA) is 55.8 Å². The summed E-state index contributed by atoms with van der Waals surface area (Å²) < 4.78 is 51.0.